The quantitative estimate of drug-likeness (QED) is 0.788. The van der Waals surface area contributed by atoms with E-state index in [1.165, 1.54) is 5.56 Å². The summed E-state index contributed by atoms with van der Waals surface area (Å²) in [6.07, 6.45) is 0.733. The highest BCUT2D eigenvalue weighted by Crippen LogP contribution is 2.22. The number of nitrogens with two attached hydrogens (primary N) is 1. The van der Waals surface area contributed by atoms with Gasteiger partial charge in [-0.3, -0.25) is 0 Å². The van der Waals surface area contributed by atoms with Gasteiger partial charge in [0.15, 0.2) is 0 Å². The second-order valence-corrected chi connectivity index (χ2v) is 3.79. The first kappa shape index (κ1) is 11.2. The van der Waals surface area contributed by atoms with Crippen LogP contribution >= 0.6 is 0 Å². The molecule has 0 aliphatic heterocycles. The van der Waals surface area contributed by atoms with Crippen molar-refractivity contribution >= 4 is 0 Å². The van der Waals surface area contributed by atoms with E-state index in [0.29, 0.717) is 12.5 Å². The Hall–Kier alpha value is -0.890. The molecule has 0 spiro atoms. The first-order valence-corrected chi connectivity index (χ1v) is 5.09. The van der Waals surface area contributed by atoms with Gasteiger partial charge in [0.25, 0.3) is 0 Å². The monoisotopic (exact) mass is 195 g/mol. The number of rotatable bonds is 3. The maximum absolute atomic E-state index is 13.4. The van der Waals surface area contributed by atoms with Crippen molar-refractivity contribution in [3.63, 3.8) is 0 Å². The molecule has 0 bridgehead atoms. The summed E-state index contributed by atoms with van der Waals surface area (Å²) in [7, 11) is 0. The van der Waals surface area contributed by atoms with Crippen LogP contribution in [0.15, 0.2) is 12.1 Å². The molecule has 78 valence electrons. The molecule has 14 heavy (non-hydrogen) atoms. The van der Waals surface area contributed by atoms with E-state index in [1.54, 1.807) is 6.07 Å². The molecule has 0 aromatic heterocycles. The molecule has 0 amide bonds. The summed E-state index contributed by atoms with van der Waals surface area (Å²) in [4.78, 5) is 0. The van der Waals surface area contributed by atoms with Crippen LogP contribution < -0.4 is 5.73 Å². The van der Waals surface area contributed by atoms with Gasteiger partial charge in [0.05, 0.1) is 0 Å². The third-order valence-corrected chi connectivity index (χ3v) is 2.70. The van der Waals surface area contributed by atoms with Crippen molar-refractivity contribution in [3.05, 3.63) is 34.6 Å². The van der Waals surface area contributed by atoms with Crippen LogP contribution in [0.5, 0.6) is 0 Å². The molecular formula is C12H18FN. The van der Waals surface area contributed by atoms with Crippen molar-refractivity contribution < 1.29 is 4.39 Å². The average Bonchev–Trinajstić information content (AvgIpc) is 2.17. The lowest BCUT2D eigenvalue weighted by atomic mass is 9.93. The van der Waals surface area contributed by atoms with E-state index >= 15 is 0 Å². The van der Waals surface area contributed by atoms with Gasteiger partial charge >= 0.3 is 0 Å². The third-order valence-electron chi connectivity index (χ3n) is 2.70. The first-order chi connectivity index (χ1) is 6.60. The predicted molar refractivity (Wildman–Crippen MR) is 58.0 cm³/mol. The molecule has 0 saturated carbocycles. The molecule has 2 N–H and O–H groups in total. The molecule has 0 fully saturated rings. The summed E-state index contributed by atoms with van der Waals surface area (Å²) in [6.45, 7) is 6.57. The lowest BCUT2D eigenvalue weighted by Gasteiger charge is -2.14. The summed E-state index contributed by atoms with van der Waals surface area (Å²) in [5, 5.41) is 0. The van der Waals surface area contributed by atoms with Gasteiger partial charge in [0, 0.05) is 0 Å². The van der Waals surface area contributed by atoms with E-state index in [1.807, 2.05) is 19.9 Å². The van der Waals surface area contributed by atoms with Gasteiger partial charge in [-0.1, -0.05) is 19.9 Å². The Morgan fingerprint density at radius 1 is 1.43 bits per heavy atom. The molecular weight excluding hydrogens is 177 g/mol. The molecule has 0 radical (unpaired) electrons. The van der Waals surface area contributed by atoms with Gasteiger partial charge in [0.1, 0.15) is 5.82 Å². The molecule has 1 unspecified atom stereocenters. The second kappa shape index (κ2) is 4.56. The Labute approximate surface area is 85.1 Å². The van der Waals surface area contributed by atoms with E-state index < -0.39 is 0 Å². The minimum atomic E-state index is -0.0991. The van der Waals surface area contributed by atoms with Crippen LogP contribution in [-0.2, 0) is 6.42 Å². The standard InChI is InChI=1S/C12H18FN/c1-4-10-6-11(9(3)7-14)8(2)5-12(10)13/h5-6,9H,4,7,14H2,1-3H3. The second-order valence-electron chi connectivity index (χ2n) is 3.79. The Bertz CT molecular complexity index is 320. The van der Waals surface area contributed by atoms with Crippen LogP contribution in [0, 0.1) is 12.7 Å². The Morgan fingerprint density at radius 3 is 2.57 bits per heavy atom. The van der Waals surface area contributed by atoms with E-state index in [4.69, 9.17) is 5.73 Å². The van der Waals surface area contributed by atoms with Crippen LogP contribution in [0.2, 0.25) is 0 Å². The number of hydrogen-bond acceptors (Lipinski definition) is 1. The van der Waals surface area contributed by atoms with Gasteiger partial charge in [-0.25, -0.2) is 4.39 Å². The van der Waals surface area contributed by atoms with Gasteiger partial charge in [0.2, 0.25) is 0 Å². The van der Waals surface area contributed by atoms with Crippen molar-refractivity contribution in [2.45, 2.75) is 33.1 Å². The summed E-state index contributed by atoms with van der Waals surface area (Å²) < 4.78 is 13.4. The summed E-state index contributed by atoms with van der Waals surface area (Å²) in [5.41, 5.74) is 8.56. The van der Waals surface area contributed by atoms with E-state index in [0.717, 1.165) is 17.5 Å². The van der Waals surface area contributed by atoms with Crippen LogP contribution in [0.1, 0.15) is 36.5 Å². The minimum absolute atomic E-state index is 0.0991. The highest BCUT2D eigenvalue weighted by atomic mass is 19.1. The van der Waals surface area contributed by atoms with E-state index in [9.17, 15) is 4.39 Å². The molecule has 1 rings (SSSR count). The SMILES string of the molecule is CCc1cc(C(C)CN)c(C)cc1F. The van der Waals surface area contributed by atoms with Crippen LogP contribution in [0.25, 0.3) is 0 Å². The topological polar surface area (TPSA) is 26.0 Å². The van der Waals surface area contributed by atoms with Gasteiger partial charge in [-0.15, -0.1) is 0 Å². The Kier molecular flexibility index (Phi) is 3.64. The summed E-state index contributed by atoms with van der Waals surface area (Å²) in [5.74, 6) is 0.207. The highest BCUT2D eigenvalue weighted by molar-refractivity contribution is 5.34. The van der Waals surface area contributed by atoms with E-state index in [-0.39, 0.29) is 5.82 Å². The van der Waals surface area contributed by atoms with Crippen molar-refractivity contribution in [1.82, 2.24) is 0 Å². The average molecular weight is 195 g/mol. The smallest absolute Gasteiger partial charge is 0.126 e. The minimum Gasteiger partial charge on any atom is -0.330 e. The third kappa shape index (κ3) is 2.13. The molecule has 0 heterocycles. The zero-order valence-corrected chi connectivity index (χ0v) is 9.10. The summed E-state index contributed by atoms with van der Waals surface area (Å²) in [6, 6.07) is 3.56. The van der Waals surface area contributed by atoms with Crippen LogP contribution in [0.3, 0.4) is 0 Å². The molecule has 0 aliphatic carbocycles. The summed E-state index contributed by atoms with van der Waals surface area (Å²) >= 11 is 0. The van der Waals surface area contributed by atoms with Crippen molar-refractivity contribution in [2.75, 3.05) is 6.54 Å². The first-order valence-electron chi connectivity index (χ1n) is 5.09. The van der Waals surface area contributed by atoms with Gasteiger partial charge in [-0.2, -0.15) is 0 Å². The molecule has 0 aliphatic rings. The molecule has 1 nitrogen and oxygen atoms in total. The van der Waals surface area contributed by atoms with Gasteiger partial charge < -0.3 is 5.73 Å². The molecule has 1 aromatic rings. The van der Waals surface area contributed by atoms with Crippen molar-refractivity contribution in [1.29, 1.82) is 0 Å². The molecule has 1 atom stereocenters. The number of aryl methyl sites for hydroxylation is 2. The fourth-order valence-corrected chi connectivity index (χ4v) is 1.67. The normalized spacial score (nSPS) is 12.9. The highest BCUT2D eigenvalue weighted by Gasteiger charge is 2.10. The lowest BCUT2D eigenvalue weighted by Crippen LogP contribution is -2.11. The Balaban J connectivity index is 3.17. The fraction of sp³-hybridized carbons (Fsp3) is 0.500. The lowest BCUT2D eigenvalue weighted by molar-refractivity contribution is 0.607. The predicted octanol–water partition coefficient (Wildman–Crippen LogP) is 2.76. The zero-order valence-electron chi connectivity index (χ0n) is 9.10. The molecule has 0 saturated heterocycles. The Morgan fingerprint density at radius 2 is 2.07 bits per heavy atom. The molecule has 1 aromatic carbocycles. The van der Waals surface area contributed by atoms with Gasteiger partial charge in [-0.05, 0) is 48.6 Å². The van der Waals surface area contributed by atoms with E-state index in [2.05, 4.69) is 6.92 Å². The fourth-order valence-electron chi connectivity index (χ4n) is 1.67. The number of halogens is 1. The maximum Gasteiger partial charge on any atom is 0.126 e. The number of hydrogen-bond donors (Lipinski definition) is 1. The molecule has 2 heteroatoms. The largest absolute Gasteiger partial charge is 0.330 e. The van der Waals surface area contributed by atoms with Crippen LogP contribution in [0.4, 0.5) is 4.39 Å². The number of benzene rings is 1. The van der Waals surface area contributed by atoms with Crippen molar-refractivity contribution in [2.24, 2.45) is 5.73 Å². The zero-order chi connectivity index (χ0) is 10.7. The van der Waals surface area contributed by atoms with Crippen molar-refractivity contribution in [3.8, 4) is 0 Å². The maximum atomic E-state index is 13.4. The van der Waals surface area contributed by atoms with Crippen LogP contribution in [-0.4, -0.2) is 6.54 Å².